The van der Waals surface area contributed by atoms with Crippen LogP contribution in [0.2, 0.25) is 0 Å². The number of fused-ring (bicyclic) bond motifs is 1. The van der Waals surface area contributed by atoms with Crippen molar-refractivity contribution in [1.29, 1.82) is 0 Å². The second-order valence-corrected chi connectivity index (χ2v) is 9.27. The van der Waals surface area contributed by atoms with Gasteiger partial charge < -0.3 is 15.5 Å². The molecule has 2 aliphatic rings. The Morgan fingerprint density at radius 1 is 1.09 bits per heavy atom. The molecule has 2 heterocycles. The fourth-order valence-electron chi connectivity index (χ4n) is 4.44. The molecule has 1 aliphatic heterocycles. The Balaban J connectivity index is 1.53. The van der Waals surface area contributed by atoms with Crippen molar-refractivity contribution in [3.05, 3.63) is 46.8 Å². The van der Waals surface area contributed by atoms with Gasteiger partial charge in [0.05, 0.1) is 6.54 Å². The van der Waals surface area contributed by atoms with Crippen LogP contribution < -0.4 is 10.6 Å². The largest absolute Gasteiger partial charge is 0.351 e. The molecule has 0 bridgehead atoms. The summed E-state index contributed by atoms with van der Waals surface area (Å²) in [7, 11) is 1.63. The first-order valence-corrected chi connectivity index (χ1v) is 11.2. The zero-order valence-electron chi connectivity index (χ0n) is 19.2. The molecule has 0 radical (unpaired) electrons. The number of aryl methyl sites for hydroxylation is 2. The van der Waals surface area contributed by atoms with Crippen LogP contribution in [0.3, 0.4) is 0 Å². The topological polar surface area (TPSA) is 96.3 Å². The molecule has 170 valence electrons. The van der Waals surface area contributed by atoms with Crippen LogP contribution in [0.5, 0.6) is 0 Å². The summed E-state index contributed by atoms with van der Waals surface area (Å²) in [5, 5.41) is 10.3. The number of carbonyl (C=O) groups excluding carboxylic acids is 3. The van der Waals surface area contributed by atoms with Crippen LogP contribution in [0.1, 0.15) is 71.1 Å². The molecule has 2 aromatic rings. The van der Waals surface area contributed by atoms with Crippen molar-refractivity contribution < 1.29 is 14.4 Å². The highest BCUT2D eigenvalue weighted by Gasteiger charge is 2.46. The van der Waals surface area contributed by atoms with Crippen LogP contribution in [0.4, 0.5) is 5.69 Å². The van der Waals surface area contributed by atoms with Gasteiger partial charge >= 0.3 is 0 Å². The number of aromatic nitrogens is 2. The number of benzene rings is 1. The number of hydrogen-bond acceptors (Lipinski definition) is 4. The summed E-state index contributed by atoms with van der Waals surface area (Å²) in [4.78, 5) is 40.5. The molecular formula is C24H31N5O3. The van der Waals surface area contributed by atoms with Gasteiger partial charge in [0.15, 0.2) is 5.69 Å². The van der Waals surface area contributed by atoms with E-state index in [1.807, 2.05) is 32.0 Å². The van der Waals surface area contributed by atoms with Crippen molar-refractivity contribution >= 4 is 23.4 Å². The van der Waals surface area contributed by atoms with E-state index in [1.54, 1.807) is 14.0 Å². The zero-order valence-corrected chi connectivity index (χ0v) is 19.2. The smallest absolute Gasteiger partial charge is 0.276 e. The van der Waals surface area contributed by atoms with E-state index in [0.717, 1.165) is 36.8 Å². The van der Waals surface area contributed by atoms with Gasteiger partial charge in [0.1, 0.15) is 11.2 Å². The van der Waals surface area contributed by atoms with Crippen molar-refractivity contribution in [2.45, 2.75) is 71.0 Å². The third-order valence-corrected chi connectivity index (χ3v) is 6.93. The first-order valence-electron chi connectivity index (χ1n) is 11.2. The normalized spacial score (nSPS) is 21.2. The number of amides is 3. The van der Waals surface area contributed by atoms with E-state index in [9.17, 15) is 14.4 Å². The van der Waals surface area contributed by atoms with Crippen molar-refractivity contribution in [3.63, 3.8) is 0 Å². The van der Waals surface area contributed by atoms with Crippen molar-refractivity contribution in [1.82, 2.24) is 20.0 Å². The first-order chi connectivity index (χ1) is 15.2. The average Bonchev–Trinajstić information content (AvgIpc) is 3.19. The van der Waals surface area contributed by atoms with Crippen LogP contribution in [0, 0.1) is 13.8 Å². The molecule has 1 atom stereocenters. The van der Waals surface area contributed by atoms with E-state index >= 15 is 0 Å². The van der Waals surface area contributed by atoms with Gasteiger partial charge in [0.2, 0.25) is 5.91 Å². The Morgan fingerprint density at radius 2 is 1.81 bits per heavy atom. The monoisotopic (exact) mass is 437 g/mol. The first kappa shape index (κ1) is 22.0. The molecular weight excluding hydrogens is 406 g/mol. The molecule has 32 heavy (non-hydrogen) atoms. The minimum atomic E-state index is -1.07. The van der Waals surface area contributed by atoms with Crippen LogP contribution in [0.15, 0.2) is 24.3 Å². The molecule has 4 rings (SSSR count). The number of carbonyl (C=O) groups is 3. The fourth-order valence-corrected chi connectivity index (χ4v) is 4.44. The third kappa shape index (κ3) is 4.01. The third-order valence-electron chi connectivity index (χ3n) is 6.93. The molecule has 2 N–H and O–H groups in total. The van der Waals surface area contributed by atoms with Gasteiger partial charge in [-0.15, -0.1) is 0 Å². The quantitative estimate of drug-likeness (QED) is 0.768. The SMILES string of the molecule is Cc1ccc(NC(=O)c2cc3n(n2)CC(C)(C(=O)NC2CCCCC2)N(C)C3=O)cc1C. The van der Waals surface area contributed by atoms with E-state index in [1.165, 1.54) is 22.1 Å². The Hall–Kier alpha value is -3.16. The molecule has 0 spiro atoms. The summed E-state index contributed by atoms with van der Waals surface area (Å²) in [5.41, 5.74) is 2.26. The van der Waals surface area contributed by atoms with E-state index in [2.05, 4.69) is 15.7 Å². The number of nitrogens with zero attached hydrogens (tertiary/aromatic N) is 3. The number of hydrogen-bond donors (Lipinski definition) is 2. The lowest BCUT2D eigenvalue weighted by molar-refractivity contribution is -0.133. The predicted octanol–water partition coefficient (Wildman–Crippen LogP) is 3.05. The molecule has 3 amide bonds. The zero-order chi connectivity index (χ0) is 23.0. The van der Waals surface area contributed by atoms with Crippen LogP contribution in [-0.4, -0.2) is 51.0 Å². The summed E-state index contributed by atoms with van der Waals surface area (Å²) in [6.45, 7) is 5.93. The number of likely N-dealkylation sites (N-methyl/N-ethyl adjacent to an activating group) is 1. The molecule has 0 saturated heterocycles. The highest BCUT2D eigenvalue weighted by molar-refractivity contribution is 6.05. The van der Waals surface area contributed by atoms with E-state index in [0.29, 0.717) is 11.4 Å². The highest BCUT2D eigenvalue weighted by Crippen LogP contribution is 2.27. The van der Waals surface area contributed by atoms with Gasteiger partial charge in [-0.25, -0.2) is 0 Å². The van der Waals surface area contributed by atoms with Crippen LogP contribution in [0.25, 0.3) is 0 Å². The number of anilines is 1. The van der Waals surface area contributed by atoms with Crippen molar-refractivity contribution in [2.24, 2.45) is 0 Å². The lowest BCUT2D eigenvalue weighted by Crippen LogP contribution is -2.63. The van der Waals surface area contributed by atoms with Gasteiger partial charge in [0.25, 0.3) is 11.8 Å². The van der Waals surface area contributed by atoms with Crippen LogP contribution >= 0.6 is 0 Å². The molecule has 1 fully saturated rings. The summed E-state index contributed by atoms with van der Waals surface area (Å²) in [5.74, 6) is -0.892. The minimum absolute atomic E-state index is 0.148. The molecule has 8 heteroatoms. The van der Waals surface area contributed by atoms with Gasteiger partial charge in [0, 0.05) is 24.8 Å². The highest BCUT2D eigenvalue weighted by atomic mass is 16.2. The van der Waals surface area contributed by atoms with Crippen LogP contribution in [-0.2, 0) is 11.3 Å². The van der Waals surface area contributed by atoms with E-state index in [4.69, 9.17) is 0 Å². The summed E-state index contributed by atoms with van der Waals surface area (Å²) < 4.78 is 1.48. The average molecular weight is 438 g/mol. The minimum Gasteiger partial charge on any atom is -0.351 e. The fraction of sp³-hybridized carbons (Fsp3) is 0.500. The predicted molar refractivity (Wildman–Crippen MR) is 122 cm³/mol. The van der Waals surface area contributed by atoms with Gasteiger partial charge in [-0.1, -0.05) is 25.3 Å². The Labute approximate surface area is 188 Å². The molecule has 8 nitrogen and oxygen atoms in total. The molecule has 1 unspecified atom stereocenters. The second kappa shape index (κ2) is 8.41. The van der Waals surface area contributed by atoms with Gasteiger partial charge in [-0.05, 0) is 56.9 Å². The molecule has 1 saturated carbocycles. The Bertz CT molecular complexity index is 1070. The van der Waals surface area contributed by atoms with E-state index in [-0.39, 0.29) is 36.0 Å². The maximum atomic E-state index is 13.2. The lowest BCUT2D eigenvalue weighted by atomic mass is 9.92. The molecule has 1 aliphatic carbocycles. The van der Waals surface area contributed by atoms with Crippen molar-refractivity contribution in [3.8, 4) is 0 Å². The summed E-state index contributed by atoms with van der Waals surface area (Å²) in [6.07, 6.45) is 5.35. The molecule has 1 aromatic carbocycles. The van der Waals surface area contributed by atoms with E-state index < -0.39 is 5.54 Å². The van der Waals surface area contributed by atoms with Gasteiger partial charge in [-0.2, -0.15) is 5.10 Å². The van der Waals surface area contributed by atoms with Crippen molar-refractivity contribution in [2.75, 3.05) is 12.4 Å². The number of nitrogens with one attached hydrogen (secondary N) is 2. The Kier molecular flexibility index (Phi) is 5.79. The second-order valence-electron chi connectivity index (χ2n) is 9.27. The number of rotatable bonds is 4. The summed E-state index contributed by atoms with van der Waals surface area (Å²) >= 11 is 0. The molecule has 1 aromatic heterocycles. The van der Waals surface area contributed by atoms with Gasteiger partial charge in [-0.3, -0.25) is 19.1 Å². The lowest BCUT2D eigenvalue weighted by Gasteiger charge is -2.41. The summed E-state index contributed by atoms with van der Waals surface area (Å²) in [6, 6.07) is 7.32. The Morgan fingerprint density at radius 3 is 2.50 bits per heavy atom. The maximum Gasteiger partial charge on any atom is 0.276 e. The standard InChI is InChI=1S/C24H31N5O3/c1-15-10-11-18(12-16(15)2)25-21(30)19-13-20-22(31)28(4)24(3,14-29(20)27-19)23(32)26-17-8-6-5-7-9-17/h10-13,17H,5-9,14H2,1-4H3,(H,25,30)(H,26,32). The maximum absolute atomic E-state index is 13.2.